The lowest BCUT2D eigenvalue weighted by Crippen LogP contribution is -2.61. The third kappa shape index (κ3) is 4.22. The number of carbonyl (C=O) groups is 1. The minimum absolute atomic E-state index is 0.0280. The Labute approximate surface area is 198 Å². The van der Waals surface area contributed by atoms with Gasteiger partial charge < -0.3 is 4.90 Å². The topological polar surface area (TPSA) is 54.5 Å². The number of sulfone groups is 1. The van der Waals surface area contributed by atoms with Gasteiger partial charge in [-0.15, -0.1) is 13.2 Å². The molecule has 0 saturated carbocycles. The average Bonchev–Trinajstić information content (AvgIpc) is 2.80. The molecule has 5 heteroatoms. The van der Waals surface area contributed by atoms with Crippen LogP contribution in [-0.2, 0) is 21.2 Å². The van der Waals surface area contributed by atoms with Crippen LogP contribution in [0.25, 0.3) is 0 Å². The first-order valence-corrected chi connectivity index (χ1v) is 12.8. The molecule has 0 bridgehead atoms. The molecule has 0 N–H and O–H groups in total. The number of amides is 1. The molecule has 0 fully saturated rings. The van der Waals surface area contributed by atoms with Crippen molar-refractivity contribution in [3.8, 4) is 0 Å². The minimum atomic E-state index is -4.06. The SMILES string of the molecule is C=CCC1C(C)=C(CC)N(Cc2ccccc2)C(=O)C1(CC=C)S(=O)(=O)c1ccc(C)cc1. The molecule has 33 heavy (non-hydrogen) atoms. The predicted octanol–water partition coefficient (Wildman–Crippen LogP) is 6.00. The molecular formula is C28H33NO3S. The maximum atomic E-state index is 14.4. The second-order valence-corrected chi connectivity index (χ2v) is 10.8. The Kier molecular flexibility index (Phi) is 7.43. The summed E-state index contributed by atoms with van der Waals surface area (Å²) in [6, 6.07) is 16.4. The van der Waals surface area contributed by atoms with Gasteiger partial charge in [0.15, 0.2) is 14.6 Å². The fourth-order valence-corrected chi connectivity index (χ4v) is 7.22. The van der Waals surface area contributed by atoms with Crippen LogP contribution in [0.15, 0.2) is 96.1 Å². The number of allylic oxidation sites excluding steroid dienone is 4. The van der Waals surface area contributed by atoms with Gasteiger partial charge in [0.1, 0.15) is 0 Å². The lowest BCUT2D eigenvalue weighted by molar-refractivity contribution is -0.135. The zero-order chi connectivity index (χ0) is 24.2. The van der Waals surface area contributed by atoms with Gasteiger partial charge in [-0.25, -0.2) is 8.42 Å². The van der Waals surface area contributed by atoms with Crippen molar-refractivity contribution in [2.45, 2.75) is 56.2 Å². The maximum Gasteiger partial charge on any atom is 0.249 e. The Hall–Kier alpha value is -2.92. The first-order valence-electron chi connectivity index (χ1n) is 11.3. The summed E-state index contributed by atoms with van der Waals surface area (Å²) < 4.78 is 26.9. The summed E-state index contributed by atoms with van der Waals surface area (Å²) in [5, 5.41) is 0. The summed E-state index contributed by atoms with van der Waals surface area (Å²) in [5.74, 6) is -0.907. The van der Waals surface area contributed by atoms with Gasteiger partial charge in [-0.1, -0.05) is 67.1 Å². The Morgan fingerprint density at radius 3 is 2.18 bits per heavy atom. The second kappa shape index (κ2) is 9.92. The fourth-order valence-electron chi connectivity index (χ4n) is 4.98. The number of hydrogen-bond donors (Lipinski definition) is 0. The summed E-state index contributed by atoms with van der Waals surface area (Å²) in [6.07, 6.45) is 4.32. The van der Waals surface area contributed by atoms with E-state index in [0.29, 0.717) is 19.4 Å². The van der Waals surface area contributed by atoms with E-state index in [9.17, 15) is 13.2 Å². The molecule has 2 atom stereocenters. The van der Waals surface area contributed by atoms with Crippen LogP contribution in [-0.4, -0.2) is 24.0 Å². The smallest absolute Gasteiger partial charge is 0.249 e. The van der Waals surface area contributed by atoms with Crippen LogP contribution in [0.2, 0.25) is 0 Å². The molecule has 0 radical (unpaired) electrons. The molecule has 1 amide bonds. The fraction of sp³-hybridized carbons (Fsp3) is 0.321. The molecule has 1 aliphatic rings. The highest BCUT2D eigenvalue weighted by atomic mass is 32.2. The highest BCUT2D eigenvalue weighted by molar-refractivity contribution is 7.93. The molecule has 1 aliphatic heterocycles. The van der Waals surface area contributed by atoms with Gasteiger partial charge in [-0.2, -0.15) is 0 Å². The van der Waals surface area contributed by atoms with E-state index in [-0.39, 0.29) is 17.2 Å². The zero-order valence-electron chi connectivity index (χ0n) is 19.8. The molecular weight excluding hydrogens is 430 g/mol. The summed E-state index contributed by atoms with van der Waals surface area (Å²) in [6.45, 7) is 13.9. The summed E-state index contributed by atoms with van der Waals surface area (Å²) in [7, 11) is -4.06. The van der Waals surface area contributed by atoms with Crippen molar-refractivity contribution >= 4 is 15.7 Å². The molecule has 0 spiro atoms. The molecule has 2 aromatic rings. The van der Waals surface area contributed by atoms with Gasteiger partial charge in [0.25, 0.3) is 0 Å². The van der Waals surface area contributed by atoms with Crippen LogP contribution >= 0.6 is 0 Å². The van der Waals surface area contributed by atoms with Gasteiger partial charge in [-0.3, -0.25) is 4.79 Å². The molecule has 174 valence electrons. The van der Waals surface area contributed by atoms with Crippen molar-refractivity contribution in [3.05, 3.63) is 102 Å². The predicted molar refractivity (Wildman–Crippen MR) is 134 cm³/mol. The molecule has 2 unspecified atom stereocenters. The van der Waals surface area contributed by atoms with E-state index in [0.717, 1.165) is 22.4 Å². The highest BCUT2D eigenvalue weighted by Crippen LogP contribution is 2.48. The first-order chi connectivity index (χ1) is 15.7. The Morgan fingerprint density at radius 2 is 1.64 bits per heavy atom. The van der Waals surface area contributed by atoms with Gasteiger partial charge in [0, 0.05) is 11.6 Å². The Balaban J connectivity index is 2.30. The summed E-state index contributed by atoms with van der Waals surface area (Å²) in [4.78, 5) is 16.2. The lowest BCUT2D eigenvalue weighted by Gasteiger charge is -2.47. The van der Waals surface area contributed by atoms with Gasteiger partial charge in [0.2, 0.25) is 5.91 Å². The van der Waals surface area contributed by atoms with Crippen LogP contribution in [0.3, 0.4) is 0 Å². The number of nitrogens with zero attached hydrogens (tertiary/aromatic N) is 1. The van der Waals surface area contributed by atoms with E-state index < -0.39 is 20.5 Å². The average molecular weight is 464 g/mol. The molecule has 4 nitrogen and oxygen atoms in total. The Morgan fingerprint density at radius 1 is 1.00 bits per heavy atom. The zero-order valence-corrected chi connectivity index (χ0v) is 20.6. The number of aryl methyl sites for hydroxylation is 1. The molecule has 2 aromatic carbocycles. The number of rotatable bonds is 9. The molecule has 0 aromatic heterocycles. The van der Waals surface area contributed by atoms with E-state index in [4.69, 9.17) is 0 Å². The first kappa shape index (κ1) is 24.7. The van der Waals surface area contributed by atoms with Crippen molar-refractivity contribution in [1.82, 2.24) is 4.90 Å². The Bertz CT molecular complexity index is 1160. The largest absolute Gasteiger partial charge is 0.310 e. The standard InChI is InChI=1S/C28H33NO3S/c1-6-12-25-22(5)26(8-3)29(20-23-13-10-9-11-14-23)27(30)28(25,19-7-2)33(31,32)24-17-15-21(4)16-18-24/h6-7,9-11,13-18,25H,1-2,8,12,19-20H2,3-5H3. The monoisotopic (exact) mass is 463 g/mol. The second-order valence-electron chi connectivity index (χ2n) is 8.64. The molecule has 3 rings (SSSR count). The van der Waals surface area contributed by atoms with E-state index in [1.165, 1.54) is 0 Å². The van der Waals surface area contributed by atoms with E-state index >= 15 is 0 Å². The van der Waals surface area contributed by atoms with E-state index in [2.05, 4.69) is 13.2 Å². The summed E-state index contributed by atoms with van der Waals surface area (Å²) >= 11 is 0. The van der Waals surface area contributed by atoms with Gasteiger partial charge in [-0.05, 0) is 56.4 Å². The van der Waals surface area contributed by atoms with Crippen molar-refractivity contribution in [2.75, 3.05) is 0 Å². The van der Waals surface area contributed by atoms with Gasteiger partial charge >= 0.3 is 0 Å². The van der Waals surface area contributed by atoms with Crippen LogP contribution in [0.1, 0.15) is 44.2 Å². The number of carbonyl (C=O) groups excluding carboxylic acids is 1. The van der Waals surface area contributed by atoms with Crippen LogP contribution in [0, 0.1) is 12.8 Å². The molecule has 1 heterocycles. The quantitative estimate of drug-likeness (QED) is 0.429. The third-order valence-corrected chi connectivity index (χ3v) is 9.13. The van der Waals surface area contributed by atoms with Crippen molar-refractivity contribution in [2.24, 2.45) is 5.92 Å². The maximum absolute atomic E-state index is 14.4. The van der Waals surface area contributed by atoms with Crippen LogP contribution < -0.4 is 0 Å². The molecule has 0 saturated heterocycles. The van der Waals surface area contributed by atoms with Crippen LogP contribution in [0.5, 0.6) is 0 Å². The van der Waals surface area contributed by atoms with Gasteiger partial charge in [0.05, 0.1) is 11.4 Å². The normalized spacial score (nSPS) is 21.2. The van der Waals surface area contributed by atoms with Crippen molar-refractivity contribution in [1.29, 1.82) is 0 Å². The van der Waals surface area contributed by atoms with Crippen LogP contribution in [0.4, 0.5) is 0 Å². The molecule has 0 aliphatic carbocycles. The third-order valence-electron chi connectivity index (χ3n) is 6.65. The lowest BCUT2D eigenvalue weighted by atomic mass is 9.76. The minimum Gasteiger partial charge on any atom is -0.310 e. The van der Waals surface area contributed by atoms with Crippen molar-refractivity contribution < 1.29 is 13.2 Å². The van der Waals surface area contributed by atoms with Crippen molar-refractivity contribution in [3.63, 3.8) is 0 Å². The summed E-state index contributed by atoms with van der Waals surface area (Å²) in [5.41, 5.74) is 3.71. The highest BCUT2D eigenvalue weighted by Gasteiger charge is 2.60. The van der Waals surface area contributed by atoms with E-state index in [1.54, 1.807) is 41.3 Å². The number of benzene rings is 2. The number of hydrogen-bond acceptors (Lipinski definition) is 3. The van der Waals surface area contributed by atoms with E-state index in [1.807, 2.05) is 51.1 Å².